The lowest BCUT2D eigenvalue weighted by molar-refractivity contribution is 0.136. The summed E-state index contributed by atoms with van der Waals surface area (Å²) in [5, 5.41) is 0. The van der Waals surface area contributed by atoms with E-state index in [9.17, 15) is 0 Å². The SMILES string of the molecule is CC(C)O[Si](Cl)(Cl)OC(C)C.Cl[SiH2]Cl. The zero-order chi connectivity index (χ0) is 11.8. The molecule has 0 aliphatic rings. The summed E-state index contributed by atoms with van der Waals surface area (Å²) in [6.45, 7) is 7.48. The molecule has 0 N–H and O–H groups in total. The van der Waals surface area contributed by atoms with Crippen molar-refractivity contribution in [3.63, 3.8) is 0 Å². The molecule has 88 valence electrons. The fourth-order valence-electron chi connectivity index (χ4n) is 0.577. The average molecular weight is 318 g/mol. The van der Waals surface area contributed by atoms with E-state index in [1.54, 1.807) is 0 Å². The Labute approximate surface area is 108 Å². The van der Waals surface area contributed by atoms with Gasteiger partial charge in [-0.05, 0) is 27.7 Å². The Morgan fingerprint density at radius 2 is 1.14 bits per heavy atom. The molecule has 0 fully saturated rings. The van der Waals surface area contributed by atoms with Crippen molar-refractivity contribution < 1.29 is 8.85 Å². The summed E-state index contributed by atoms with van der Waals surface area (Å²) in [4.78, 5) is 0. The van der Waals surface area contributed by atoms with Crippen LogP contribution in [0, 0.1) is 0 Å². The molecule has 0 spiro atoms. The summed E-state index contributed by atoms with van der Waals surface area (Å²) in [6.07, 6.45) is 0.0193. The lowest BCUT2D eigenvalue weighted by atomic mass is 10.5. The van der Waals surface area contributed by atoms with Gasteiger partial charge < -0.3 is 8.85 Å². The van der Waals surface area contributed by atoms with Gasteiger partial charge in [-0.15, -0.1) is 0 Å². The van der Waals surface area contributed by atoms with Crippen molar-refractivity contribution in [2.24, 2.45) is 0 Å². The molecule has 0 bridgehead atoms. The molecular weight excluding hydrogens is 302 g/mol. The fraction of sp³-hybridized carbons (Fsp3) is 1.00. The van der Waals surface area contributed by atoms with Gasteiger partial charge in [-0.25, -0.2) is 0 Å². The molecule has 0 aromatic heterocycles. The van der Waals surface area contributed by atoms with E-state index < -0.39 is 15.3 Å². The molecule has 0 unspecified atom stereocenters. The molecule has 0 aliphatic heterocycles. The van der Waals surface area contributed by atoms with Gasteiger partial charge in [-0.2, -0.15) is 22.2 Å². The fourth-order valence-corrected chi connectivity index (χ4v) is 3.87. The highest BCUT2D eigenvalue weighted by molar-refractivity contribution is 7.39. The lowest BCUT2D eigenvalue weighted by Crippen LogP contribution is -2.34. The highest BCUT2D eigenvalue weighted by Gasteiger charge is 2.36. The predicted octanol–water partition coefficient (Wildman–Crippen LogP) is 3.21. The summed E-state index contributed by atoms with van der Waals surface area (Å²) >= 11 is 21.4. The quantitative estimate of drug-likeness (QED) is 0.585. The van der Waals surface area contributed by atoms with Crippen LogP contribution in [-0.4, -0.2) is 27.5 Å². The monoisotopic (exact) mass is 316 g/mol. The van der Waals surface area contributed by atoms with Gasteiger partial charge in [0.2, 0.25) is 8.14 Å². The van der Waals surface area contributed by atoms with Gasteiger partial charge in [0.1, 0.15) is 0 Å². The molecule has 2 nitrogen and oxygen atoms in total. The maximum Gasteiger partial charge on any atom is 0.551 e. The van der Waals surface area contributed by atoms with Crippen molar-refractivity contribution in [3.8, 4) is 0 Å². The number of rotatable bonds is 4. The van der Waals surface area contributed by atoms with E-state index in [-0.39, 0.29) is 12.2 Å². The highest BCUT2D eigenvalue weighted by atomic mass is 35.7. The highest BCUT2D eigenvalue weighted by Crippen LogP contribution is 2.21. The first-order valence-corrected chi connectivity index (χ1v) is 12.2. The standard InChI is InChI=1S/C6H14Cl2O2Si.Cl2H2Si/c1-5(2)9-11(7,8)10-6(3)4;1-3-2/h5-6H,1-4H3;3H2. The third-order valence-corrected chi connectivity index (χ3v) is 3.31. The van der Waals surface area contributed by atoms with Gasteiger partial charge >= 0.3 is 7.18 Å². The second-order valence-corrected chi connectivity index (χ2v) is 10.5. The summed E-state index contributed by atoms with van der Waals surface area (Å²) in [6, 6.07) is 0. The van der Waals surface area contributed by atoms with Crippen molar-refractivity contribution in [2.75, 3.05) is 0 Å². The normalized spacial score (nSPS) is 11.6. The van der Waals surface area contributed by atoms with Crippen molar-refractivity contribution in [2.45, 2.75) is 39.9 Å². The molecule has 0 heterocycles. The Hall–Kier alpha value is 1.51. The third kappa shape index (κ3) is 16.0. The van der Waals surface area contributed by atoms with E-state index in [0.717, 1.165) is 0 Å². The molecule has 0 saturated heterocycles. The predicted molar refractivity (Wildman–Crippen MR) is 70.2 cm³/mol. The van der Waals surface area contributed by atoms with Crippen molar-refractivity contribution >= 4 is 59.6 Å². The van der Waals surface area contributed by atoms with Crippen molar-refractivity contribution in [3.05, 3.63) is 0 Å². The van der Waals surface area contributed by atoms with Gasteiger partial charge in [0.25, 0.3) is 0 Å². The van der Waals surface area contributed by atoms with Crippen LogP contribution in [0.5, 0.6) is 0 Å². The Kier molecular flexibility index (Phi) is 12.4. The van der Waals surface area contributed by atoms with Crippen LogP contribution in [0.1, 0.15) is 27.7 Å². The minimum Gasteiger partial charge on any atom is -0.369 e. The first-order valence-electron chi connectivity index (χ1n) is 4.10. The van der Waals surface area contributed by atoms with Gasteiger partial charge in [0.15, 0.2) is 0 Å². The first kappa shape index (κ1) is 17.9. The molecule has 14 heavy (non-hydrogen) atoms. The summed E-state index contributed by atoms with van der Waals surface area (Å²) in [5.41, 5.74) is 0. The molecule has 0 amide bonds. The minimum absolute atomic E-state index is 0.00965. The largest absolute Gasteiger partial charge is 0.551 e. The molecule has 0 rings (SSSR count). The van der Waals surface area contributed by atoms with Crippen LogP contribution in [0.2, 0.25) is 0 Å². The number of hydrogen-bond donors (Lipinski definition) is 0. The van der Waals surface area contributed by atoms with Gasteiger partial charge in [0.05, 0.1) is 0 Å². The second-order valence-electron chi connectivity index (χ2n) is 2.90. The van der Waals surface area contributed by atoms with Crippen LogP contribution >= 0.6 is 44.3 Å². The maximum atomic E-state index is 5.79. The summed E-state index contributed by atoms with van der Waals surface area (Å²) in [5.74, 6) is 0. The molecule has 0 saturated carbocycles. The van der Waals surface area contributed by atoms with E-state index in [1.807, 2.05) is 27.7 Å². The molecule has 0 aromatic carbocycles. The molecular formula is C6H16Cl4O2Si2. The Morgan fingerprint density at radius 1 is 0.929 bits per heavy atom. The van der Waals surface area contributed by atoms with E-state index in [2.05, 4.69) is 0 Å². The molecule has 0 aromatic rings. The van der Waals surface area contributed by atoms with E-state index in [1.165, 1.54) is 0 Å². The summed E-state index contributed by atoms with van der Waals surface area (Å²) in [7, 11) is -3.52. The van der Waals surface area contributed by atoms with Crippen molar-refractivity contribution in [1.82, 2.24) is 0 Å². The third-order valence-electron chi connectivity index (χ3n) is 0.746. The average Bonchev–Trinajstić information content (AvgIpc) is 1.80. The van der Waals surface area contributed by atoms with Crippen LogP contribution in [0.4, 0.5) is 0 Å². The number of hydrogen-bond acceptors (Lipinski definition) is 2. The smallest absolute Gasteiger partial charge is 0.369 e. The van der Waals surface area contributed by atoms with Crippen LogP contribution in [0.3, 0.4) is 0 Å². The van der Waals surface area contributed by atoms with Gasteiger partial charge in [0, 0.05) is 12.2 Å². The maximum absolute atomic E-state index is 5.79. The molecule has 8 heteroatoms. The second kappa shape index (κ2) is 9.72. The van der Waals surface area contributed by atoms with Crippen LogP contribution in [0.15, 0.2) is 0 Å². The minimum atomic E-state index is -2.89. The molecule has 0 radical (unpaired) electrons. The van der Waals surface area contributed by atoms with E-state index in [0.29, 0.717) is 0 Å². The molecule has 0 aliphatic carbocycles. The van der Waals surface area contributed by atoms with Crippen LogP contribution in [0.25, 0.3) is 0 Å². The zero-order valence-corrected chi connectivity index (χ0v) is 14.1. The topological polar surface area (TPSA) is 18.5 Å². The first-order chi connectivity index (χ1) is 6.25. The lowest BCUT2D eigenvalue weighted by Gasteiger charge is -2.21. The number of halogens is 4. The Bertz CT molecular complexity index is 123. The van der Waals surface area contributed by atoms with Gasteiger partial charge in [-0.1, -0.05) is 22.2 Å². The van der Waals surface area contributed by atoms with E-state index in [4.69, 9.17) is 53.2 Å². The Morgan fingerprint density at radius 3 is 1.29 bits per heavy atom. The summed E-state index contributed by atoms with van der Waals surface area (Å²) < 4.78 is 10.4. The molecule has 0 atom stereocenters. The zero-order valence-electron chi connectivity index (χ0n) is 8.69. The van der Waals surface area contributed by atoms with Crippen LogP contribution in [-0.2, 0) is 8.85 Å². The Balaban J connectivity index is 0. The van der Waals surface area contributed by atoms with E-state index >= 15 is 0 Å². The van der Waals surface area contributed by atoms with Gasteiger partial charge in [-0.3, -0.25) is 0 Å². The van der Waals surface area contributed by atoms with Crippen molar-refractivity contribution in [1.29, 1.82) is 0 Å². The van der Waals surface area contributed by atoms with Crippen LogP contribution < -0.4 is 0 Å².